The van der Waals surface area contributed by atoms with Crippen molar-refractivity contribution >= 4 is 34.7 Å². The first-order valence-corrected chi connectivity index (χ1v) is 11.4. The van der Waals surface area contributed by atoms with E-state index in [0.717, 1.165) is 23.4 Å². The highest BCUT2D eigenvalue weighted by atomic mass is 19.4. The SMILES string of the molecule is Cc1cccc(Nc2ccccc2C(=O)O)c1C.O=C(O)c1ccccc1Nc1cccc(C(F)(F)F)c1. The van der Waals surface area contributed by atoms with Crippen molar-refractivity contribution < 1.29 is 33.0 Å². The minimum absolute atomic E-state index is 0.00934. The highest BCUT2D eigenvalue weighted by Gasteiger charge is 2.30. The molecule has 0 atom stereocenters. The average Bonchev–Trinajstić information content (AvgIpc) is 2.87. The van der Waals surface area contributed by atoms with Crippen molar-refractivity contribution in [2.45, 2.75) is 20.0 Å². The van der Waals surface area contributed by atoms with Gasteiger partial charge < -0.3 is 20.8 Å². The van der Waals surface area contributed by atoms with Gasteiger partial charge >= 0.3 is 18.1 Å². The molecule has 196 valence electrons. The van der Waals surface area contributed by atoms with Crippen LogP contribution in [0.25, 0.3) is 0 Å². The van der Waals surface area contributed by atoms with Crippen LogP contribution < -0.4 is 10.6 Å². The number of halogens is 3. The molecule has 0 fully saturated rings. The third-order valence-electron chi connectivity index (χ3n) is 5.66. The van der Waals surface area contributed by atoms with E-state index in [1.54, 1.807) is 30.3 Å². The van der Waals surface area contributed by atoms with Crippen molar-refractivity contribution in [2.75, 3.05) is 10.6 Å². The van der Waals surface area contributed by atoms with Gasteiger partial charge in [0.1, 0.15) is 0 Å². The van der Waals surface area contributed by atoms with Crippen LogP contribution in [0.1, 0.15) is 37.4 Å². The van der Waals surface area contributed by atoms with E-state index in [1.807, 2.05) is 38.1 Å². The fourth-order valence-corrected chi connectivity index (χ4v) is 3.52. The lowest BCUT2D eigenvalue weighted by Gasteiger charge is -2.13. The zero-order chi connectivity index (χ0) is 27.9. The second-order valence-corrected chi connectivity index (χ2v) is 8.28. The molecule has 0 heterocycles. The Balaban J connectivity index is 0.000000212. The average molecular weight is 523 g/mol. The van der Waals surface area contributed by atoms with Gasteiger partial charge in [-0.3, -0.25) is 0 Å². The number of carbonyl (C=O) groups is 2. The number of carboxylic acid groups (broad SMARTS) is 2. The number of benzene rings is 4. The number of rotatable bonds is 6. The van der Waals surface area contributed by atoms with Gasteiger partial charge in [0.2, 0.25) is 0 Å². The summed E-state index contributed by atoms with van der Waals surface area (Å²) in [5.74, 6) is -2.08. The van der Waals surface area contributed by atoms with Gasteiger partial charge in [-0.05, 0) is 73.5 Å². The molecule has 0 amide bonds. The third-order valence-corrected chi connectivity index (χ3v) is 5.66. The van der Waals surface area contributed by atoms with E-state index in [0.29, 0.717) is 5.69 Å². The monoisotopic (exact) mass is 522 g/mol. The first-order valence-electron chi connectivity index (χ1n) is 11.4. The van der Waals surface area contributed by atoms with E-state index in [-0.39, 0.29) is 22.5 Å². The van der Waals surface area contributed by atoms with Crippen LogP contribution in [0.2, 0.25) is 0 Å². The van der Waals surface area contributed by atoms with Gasteiger partial charge in [-0.2, -0.15) is 13.2 Å². The van der Waals surface area contributed by atoms with Gasteiger partial charge in [0.25, 0.3) is 0 Å². The molecule has 4 rings (SSSR count). The molecule has 38 heavy (non-hydrogen) atoms. The molecule has 0 radical (unpaired) electrons. The number of nitrogens with one attached hydrogen (secondary N) is 2. The summed E-state index contributed by atoms with van der Waals surface area (Å²) in [6.07, 6.45) is -4.44. The summed E-state index contributed by atoms with van der Waals surface area (Å²) in [6, 6.07) is 23.4. The Morgan fingerprint density at radius 1 is 0.658 bits per heavy atom. The van der Waals surface area contributed by atoms with Crippen LogP contribution in [-0.4, -0.2) is 22.2 Å². The van der Waals surface area contributed by atoms with E-state index in [9.17, 15) is 22.8 Å². The number of alkyl halides is 3. The highest BCUT2D eigenvalue weighted by molar-refractivity contribution is 5.95. The van der Waals surface area contributed by atoms with Crippen molar-refractivity contribution in [3.8, 4) is 0 Å². The first-order chi connectivity index (χ1) is 18.0. The largest absolute Gasteiger partial charge is 0.478 e. The summed E-state index contributed by atoms with van der Waals surface area (Å²) in [7, 11) is 0. The second-order valence-electron chi connectivity index (χ2n) is 8.28. The van der Waals surface area contributed by atoms with Gasteiger partial charge in [-0.1, -0.05) is 42.5 Å². The van der Waals surface area contributed by atoms with Crippen LogP contribution in [0.4, 0.5) is 35.9 Å². The molecule has 0 aliphatic carbocycles. The number of aromatic carboxylic acids is 2. The summed E-state index contributed by atoms with van der Waals surface area (Å²) >= 11 is 0. The summed E-state index contributed by atoms with van der Waals surface area (Å²) in [5.41, 5.74) is 3.72. The fraction of sp³-hybridized carbons (Fsp3) is 0.103. The third kappa shape index (κ3) is 7.13. The van der Waals surface area contributed by atoms with Gasteiger partial charge in [-0.25, -0.2) is 9.59 Å². The molecule has 0 unspecified atom stereocenters. The number of aryl methyl sites for hydroxylation is 1. The minimum Gasteiger partial charge on any atom is -0.478 e. The molecule has 4 aromatic carbocycles. The first kappa shape index (κ1) is 27.8. The van der Waals surface area contributed by atoms with Gasteiger partial charge in [0, 0.05) is 11.4 Å². The molecule has 4 aromatic rings. The van der Waals surface area contributed by atoms with Gasteiger partial charge in [-0.15, -0.1) is 0 Å². The minimum atomic E-state index is -4.44. The molecule has 0 aromatic heterocycles. The Kier molecular flexibility index (Phi) is 8.75. The number of carboxylic acids is 2. The number of anilines is 4. The number of hydrogen-bond donors (Lipinski definition) is 4. The fourth-order valence-electron chi connectivity index (χ4n) is 3.52. The predicted molar refractivity (Wildman–Crippen MR) is 141 cm³/mol. The van der Waals surface area contributed by atoms with Crippen molar-refractivity contribution in [1.82, 2.24) is 0 Å². The van der Waals surface area contributed by atoms with Gasteiger partial charge in [0.05, 0.1) is 28.1 Å². The van der Waals surface area contributed by atoms with Crippen LogP contribution >= 0.6 is 0 Å². The Labute approximate surface area is 217 Å². The smallest absolute Gasteiger partial charge is 0.416 e. The van der Waals surface area contributed by atoms with Crippen molar-refractivity contribution in [3.05, 3.63) is 119 Å². The maximum Gasteiger partial charge on any atom is 0.416 e. The van der Waals surface area contributed by atoms with Crippen LogP contribution in [-0.2, 0) is 6.18 Å². The molecule has 4 N–H and O–H groups in total. The van der Waals surface area contributed by atoms with E-state index in [4.69, 9.17) is 10.2 Å². The molecule has 6 nitrogen and oxygen atoms in total. The zero-order valence-corrected chi connectivity index (χ0v) is 20.5. The standard InChI is InChI=1S/C15H15NO2.C14H10F3NO2/c1-10-6-5-9-13(11(10)2)16-14-8-4-3-7-12(14)15(17)18;15-14(16,17)9-4-3-5-10(8-9)18-12-7-2-1-6-11(12)13(19)20/h3-9,16H,1-2H3,(H,17,18);1-8,18H,(H,19,20). The summed E-state index contributed by atoms with van der Waals surface area (Å²) < 4.78 is 37.8. The van der Waals surface area contributed by atoms with E-state index < -0.39 is 23.7 Å². The summed E-state index contributed by atoms with van der Waals surface area (Å²) in [4.78, 5) is 22.1. The highest BCUT2D eigenvalue weighted by Crippen LogP contribution is 2.32. The lowest BCUT2D eigenvalue weighted by atomic mass is 10.1. The lowest BCUT2D eigenvalue weighted by Crippen LogP contribution is -2.06. The van der Waals surface area contributed by atoms with E-state index >= 15 is 0 Å². The number of hydrogen-bond acceptors (Lipinski definition) is 4. The summed E-state index contributed by atoms with van der Waals surface area (Å²) in [5, 5.41) is 24.0. The molecular weight excluding hydrogens is 497 g/mol. The van der Waals surface area contributed by atoms with E-state index in [1.165, 1.54) is 29.8 Å². The maximum absolute atomic E-state index is 12.6. The maximum atomic E-state index is 12.6. The molecule has 0 aliphatic rings. The van der Waals surface area contributed by atoms with Crippen molar-refractivity contribution in [2.24, 2.45) is 0 Å². The Bertz CT molecular complexity index is 1450. The second kappa shape index (κ2) is 12.0. The van der Waals surface area contributed by atoms with Crippen LogP contribution in [0.5, 0.6) is 0 Å². The van der Waals surface area contributed by atoms with Crippen LogP contribution in [0, 0.1) is 13.8 Å². The zero-order valence-electron chi connectivity index (χ0n) is 20.5. The Morgan fingerprint density at radius 3 is 1.71 bits per heavy atom. The van der Waals surface area contributed by atoms with Crippen LogP contribution in [0.3, 0.4) is 0 Å². The molecule has 0 saturated heterocycles. The molecule has 0 bridgehead atoms. The normalized spacial score (nSPS) is 10.7. The molecule has 0 spiro atoms. The Morgan fingerprint density at radius 2 is 1.16 bits per heavy atom. The van der Waals surface area contributed by atoms with E-state index in [2.05, 4.69) is 10.6 Å². The molecule has 9 heteroatoms. The topological polar surface area (TPSA) is 98.7 Å². The van der Waals surface area contributed by atoms with Gasteiger partial charge in [0.15, 0.2) is 0 Å². The summed E-state index contributed by atoms with van der Waals surface area (Å²) in [6.45, 7) is 4.05. The van der Waals surface area contributed by atoms with Crippen molar-refractivity contribution in [3.63, 3.8) is 0 Å². The van der Waals surface area contributed by atoms with Crippen LogP contribution in [0.15, 0.2) is 91.0 Å². The van der Waals surface area contributed by atoms with Crippen molar-refractivity contribution in [1.29, 1.82) is 0 Å². The molecule has 0 aliphatic heterocycles. The number of para-hydroxylation sites is 2. The lowest BCUT2D eigenvalue weighted by molar-refractivity contribution is -0.137. The molecule has 0 saturated carbocycles. The predicted octanol–water partition coefficient (Wildman–Crippen LogP) is 7.89. The Hall–Kier alpha value is -4.79. The molecular formula is C29H25F3N2O4. The quantitative estimate of drug-likeness (QED) is 0.206.